The van der Waals surface area contributed by atoms with Crippen LogP contribution in [0.2, 0.25) is 0 Å². The highest BCUT2D eigenvalue weighted by Crippen LogP contribution is 2.41. The first-order chi connectivity index (χ1) is 22.3. The standard InChI is InChI=1S/C42H26N2O/c1-2-10-27(11-3-1)28-18-20-29(21-19-28)43-37-15-7-5-13-32(37)36-26-30(22-25-39(36)43)44-38-16-8-4-12-31(38)34-23-24-35-33-14-6-9-17-40(33)45-42(35)41(34)44/h1-26H. The number of nitrogens with zero attached hydrogens (tertiary/aromatic N) is 2. The van der Waals surface area contributed by atoms with Gasteiger partial charge >= 0.3 is 0 Å². The van der Waals surface area contributed by atoms with Gasteiger partial charge < -0.3 is 13.6 Å². The van der Waals surface area contributed by atoms with Gasteiger partial charge in [-0.05, 0) is 65.7 Å². The number of aromatic nitrogens is 2. The number of hydrogen-bond donors (Lipinski definition) is 0. The van der Waals surface area contributed by atoms with Gasteiger partial charge in [-0.2, -0.15) is 0 Å². The molecule has 3 heteroatoms. The van der Waals surface area contributed by atoms with Crippen molar-refractivity contribution < 1.29 is 4.42 Å². The van der Waals surface area contributed by atoms with Crippen LogP contribution in [0.4, 0.5) is 0 Å². The summed E-state index contributed by atoms with van der Waals surface area (Å²) in [5.74, 6) is 0. The van der Waals surface area contributed by atoms with Crippen molar-refractivity contribution in [2.24, 2.45) is 0 Å². The molecule has 3 nitrogen and oxygen atoms in total. The van der Waals surface area contributed by atoms with E-state index in [9.17, 15) is 0 Å². The molecule has 210 valence electrons. The Balaban J connectivity index is 1.24. The summed E-state index contributed by atoms with van der Waals surface area (Å²) in [7, 11) is 0. The SMILES string of the molecule is c1ccc(-c2ccc(-n3c4ccccc4c4cc(-n5c6ccccc6c6ccc7c8ccccc8oc7c65)ccc43)cc2)cc1. The van der Waals surface area contributed by atoms with E-state index in [0.29, 0.717) is 0 Å². The lowest BCUT2D eigenvalue weighted by atomic mass is 10.1. The highest BCUT2D eigenvalue weighted by atomic mass is 16.3. The van der Waals surface area contributed by atoms with Gasteiger partial charge in [0.1, 0.15) is 5.58 Å². The van der Waals surface area contributed by atoms with Crippen LogP contribution < -0.4 is 0 Å². The third-order valence-corrected chi connectivity index (χ3v) is 9.33. The summed E-state index contributed by atoms with van der Waals surface area (Å²) >= 11 is 0. The molecule has 45 heavy (non-hydrogen) atoms. The van der Waals surface area contributed by atoms with E-state index in [1.165, 1.54) is 49.2 Å². The first-order valence-electron chi connectivity index (χ1n) is 15.4. The van der Waals surface area contributed by atoms with Crippen molar-refractivity contribution in [1.82, 2.24) is 9.13 Å². The average Bonchev–Trinajstić information content (AvgIpc) is 3.76. The van der Waals surface area contributed by atoms with Gasteiger partial charge in [-0.15, -0.1) is 0 Å². The molecule has 0 aliphatic rings. The molecule has 0 bridgehead atoms. The maximum atomic E-state index is 6.59. The molecule has 0 unspecified atom stereocenters. The summed E-state index contributed by atoms with van der Waals surface area (Å²) in [5.41, 5.74) is 11.2. The summed E-state index contributed by atoms with van der Waals surface area (Å²) in [4.78, 5) is 0. The van der Waals surface area contributed by atoms with Crippen LogP contribution in [0, 0.1) is 0 Å². The minimum Gasteiger partial charge on any atom is -0.454 e. The normalized spacial score (nSPS) is 12.0. The molecule has 0 fully saturated rings. The van der Waals surface area contributed by atoms with E-state index in [0.717, 1.165) is 38.8 Å². The van der Waals surface area contributed by atoms with E-state index < -0.39 is 0 Å². The molecular formula is C42H26N2O. The summed E-state index contributed by atoms with van der Waals surface area (Å²) in [6.07, 6.45) is 0. The van der Waals surface area contributed by atoms with Gasteiger partial charge in [-0.1, -0.05) is 103 Å². The Morgan fingerprint density at radius 2 is 0.933 bits per heavy atom. The number of furan rings is 1. The highest BCUT2D eigenvalue weighted by molar-refractivity contribution is 6.21. The summed E-state index contributed by atoms with van der Waals surface area (Å²) in [5, 5.41) is 7.14. The topological polar surface area (TPSA) is 23.0 Å². The second-order valence-electron chi connectivity index (χ2n) is 11.8. The van der Waals surface area contributed by atoms with Crippen LogP contribution in [0.5, 0.6) is 0 Å². The Hall–Kier alpha value is -6.06. The molecule has 10 rings (SSSR count). The van der Waals surface area contributed by atoms with Crippen LogP contribution >= 0.6 is 0 Å². The molecule has 0 aliphatic heterocycles. The summed E-state index contributed by atoms with van der Waals surface area (Å²) in [6.45, 7) is 0. The molecule has 0 N–H and O–H groups in total. The Bertz CT molecular complexity index is 2740. The number of rotatable bonds is 3. The maximum Gasteiger partial charge on any atom is 0.160 e. The molecular weight excluding hydrogens is 548 g/mol. The van der Waals surface area contributed by atoms with Gasteiger partial charge in [0.25, 0.3) is 0 Å². The van der Waals surface area contributed by atoms with Gasteiger partial charge in [0.2, 0.25) is 0 Å². The molecule has 0 saturated carbocycles. The average molecular weight is 575 g/mol. The molecule has 3 heterocycles. The van der Waals surface area contributed by atoms with Crippen LogP contribution in [0.25, 0.3) is 88.1 Å². The molecule has 3 aromatic heterocycles. The number of fused-ring (bicyclic) bond motifs is 10. The number of para-hydroxylation sites is 3. The lowest BCUT2D eigenvalue weighted by molar-refractivity contribution is 0.671. The molecule has 10 aromatic rings. The van der Waals surface area contributed by atoms with E-state index in [-0.39, 0.29) is 0 Å². The highest BCUT2D eigenvalue weighted by Gasteiger charge is 2.20. The van der Waals surface area contributed by atoms with Crippen LogP contribution in [0.15, 0.2) is 162 Å². The lowest BCUT2D eigenvalue weighted by Crippen LogP contribution is -1.96. The van der Waals surface area contributed by atoms with Crippen LogP contribution in [0.1, 0.15) is 0 Å². The molecule has 0 amide bonds. The maximum absolute atomic E-state index is 6.59. The fourth-order valence-electron chi connectivity index (χ4n) is 7.31. The fraction of sp³-hybridized carbons (Fsp3) is 0. The van der Waals surface area contributed by atoms with E-state index in [1.54, 1.807) is 0 Å². The predicted molar refractivity (Wildman–Crippen MR) is 188 cm³/mol. The molecule has 0 spiro atoms. The van der Waals surface area contributed by atoms with Gasteiger partial charge in [-0.3, -0.25) is 0 Å². The van der Waals surface area contributed by atoms with Crippen molar-refractivity contribution in [2.45, 2.75) is 0 Å². The predicted octanol–water partition coefficient (Wildman–Crippen LogP) is 11.4. The molecule has 0 aliphatic carbocycles. The quantitative estimate of drug-likeness (QED) is 0.206. The molecule has 0 radical (unpaired) electrons. The van der Waals surface area contributed by atoms with Crippen LogP contribution in [-0.2, 0) is 0 Å². The molecule has 0 saturated heterocycles. The van der Waals surface area contributed by atoms with E-state index >= 15 is 0 Å². The zero-order valence-electron chi connectivity index (χ0n) is 24.3. The van der Waals surface area contributed by atoms with Gasteiger partial charge in [-0.25, -0.2) is 0 Å². The minimum atomic E-state index is 0.911. The van der Waals surface area contributed by atoms with Crippen LogP contribution in [-0.4, -0.2) is 9.13 Å². The Labute approximate surface area is 258 Å². The summed E-state index contributed by atoms with van der Waals surface area (Å²) < 4.78 is 11.4. The largest absolute Gasteiger partial charge is 0.454 e. The minimum absolute atomic E-state index is 0.911. The first kappa shape index (κ1) is 24.4. The molecule has 7 aromatic carbocycles. The van der Waals surface area contributed by atoms with Crippen molar-refractivity contribution in [1.29, 1.82) is 0 Å². The number of benzene rings is 7. The zero-order valence-corrected chi connectivity index (χ0v) is 24.3. The van der Waals surface area contributed by atoms with Crippen molar-refractivity contribution in [3.63, 3.8) is 0 Å². The Kier molecular flexibility index (Phi) is 5.00. The second kappa shape index (κ2) is 9.22. The van der Waals surface area contributed by atoms with Crippen molar-refractivity contribution in [2.75, 3.05) is 0 Å². The van der Waals surface area contributed by atoms with Crippen molar-refractivity contribution >= 4 is 65.6 Å². The van der Waals surface area contributed by atoms with Gasteiger partial charge in [0, 0.05) is 43.7 Å². The zero-order chi connectivity index (χ0) is 29.5. The van der Waals surface area contributed by atoms with Crippen LogP contribution in [0.3, 0.4) is 0 Å². The third kappa shape index (κ3) is 3.46. The molecule has 0 atom stereocenters. The van der Waals surface area contributed by atoms with E-state index in [2.05, 4.69) is 161 Å². The first-order valence-corrected chi connectivity index (χ1v) is 15.4. The summed E-state index contributed by atoms with van der Waals surface area (Å²) in [6, 6.07) is 56.5. The van der Waals surface area contributed by atoms with Gasteiger partial charge in [0.15, 0.2) is 5.58 Å². The smallest absolute Gasteiger partial charge is 0.160 e. The van der Waals surface area contributed by atoms with E-state index in [1.807, 2.05) is 6.07 Å². The Morgan fingerprint density at radius 3 is 1.73 bits per heavy atom. The monoisotopic (exact) mass is 574 g/mol. The lowest BCUT2D eigenvalue weighted by Gasteiger charge is -2.11. The van der Waals surface area contributed by atoms with E-state index in [4.69, 9.17) is 4.42 Å². The third-order valence-electron chi connectivity index (χ3n) is 9.33. The van der Waals surface area contributed by atoms with Gasteiger partial charge in [0.05, 0.1) is 22.1 Å². The number of hydrogen-bond acceptors (Lipinski definition) is 1. The Morgan fingerprint density at radius 1 is 0.356 bits per heavy atom. The second-order valence-corrected chi connectivity index (χ2v) is 11.8. The van der Waals surface area contributed by atoms with Crippen molar-refractivity contribution in [3.8, 4) is 22.5 Å². The van der Waals surface area contributed by atoms with Crippen molar-refractivity contribution in [3.05, 3.63) is 158 Å². The fourth-order valence-corrected chi connectivity index (χ4v) is 7.31.